The zero-order valence-electron chi connectivity index (χ0n) is 21.3. The van der Waals surface area contributed by atoms with Crippen molar-refractivity contribution in [2.75, 3.05) is 32.7 Å². The van der Waals surface area contributed by atoms with Crippen LogP contribution in [0.25, 0.3) is 16.8 Å². The molecule has 9 heteroatoms. The molecular formula is C28H27N3O5S. The number of hydrogen-bond acceptors (Lipinski definition) is 8. The van der Waals surface area contributed by atoms with Gasteiger partial charge in [0.15, 0.2) is 10.7 Å². The third kappa shape index (κ3) is 4.25. The fourth-order valence-electron chi connectivity index (χ4n) is 4.59. The van der Waals surface area contributed by atoms with E-state index in [1.54, 1.807) is 31.6 Å². The number of aromatic nitrogens is 1. The minimum absolute atomic E-state index is 0.201. The Labute approximate surface area is 217 Å². The van der Waals surface area contributed by atoms with Gasteiger partial charge in [-0.2, -0.15) is 0 Å². The molecule has 5 rings (SSSR count). The molecule has 0 N–H and O–H groups in total. The Morgan fingerprint density at radius 3 is 2.68 bits per heavy atom. The summed E-state index contributed by atoms with van der Waals surface area (Å²) in [7, 11) is 5.35. The van der Waals surface area contributed by atoms with Crippen molar-refractivity contribution in [3.63, 3.8) is 0 Å². The first kappa shape index (κ1) is 24.6. The minimum Gasteiger partial charge on any atom is -0.496 e. The van der Waals surface area contributed by atoms with Gasteiger partial charge in [0, 0.05) is 31.8 Å². The molecule has 0 saturated carbocycles. The van der Waals surface area contributed by atoms with E-state index in [-0.39, 0.29) is 12.2 Å². The molecule has 0 amide bonds. The molecular weight excluding hydrogens is 490 g/mol. The Morgan fingerprint density at radius 1 is 1.19 bits per heavy atom. The van der Waals surface area contributed by atoms with E-state index in [4.69, 9.17) is 13.9 Å². The van der Waals surface area contributed by atoms with Crippen molar-refractivity contribution in [2.45, 2.75) is 19.9 Å². The van der Waals surface area contributed by atoms with Crippen LogP contribution in [0.3, 0.4) is 0 Å². The molecule has 0 saturated heterocycles. The summed E-state index contributed by atoms with van der Waals surface area (Å²) >= 11 is 1.25. The monoisotopic (exact) mass is 517 g/mol. The summed E-state index contributed by atoms with van der Waals surface area (Å²) in [6.45, 7) is 3.72. The number of methoxy groups -OCH3 is 1. The molecule has 0 unspecified atom stereocenters. The van der Waals surface area contributed by atoms with Crippen molar-refractivity contribution in [2.24, 2.45) is 4.99 Å². The zero-order valence-corrected chi connectivity index (χ0v) is 22.1. The minimum atomic E-state index is -0.785. The number of benzene rings is 2. The molecule has 0 bridgehead atoms. The average Bonchev–Trinajstić information content (AvgIpc) is 3.47. The van der Waals surface area contributed by atoms with Crippen molar-refractivity contribution in [3.05, 3.63) is 90.8 Å². The first-order chi connectivity index (χ1) is 17.8. The molecule has 1 atom stereocenters. The molecule has 0 radical (unpaired) electrons. The van der Waals surface area contributed by atoms with Crippen LogP contribution < -0.4 is 24.5 Å². The maximum absolute atomic E-state index is 13.9. The Morgan fingerprint density at radius 2 is 1.97 bits per heavy atom. The molecule has 0 fully saturated rings. The largest absolute Gasteiger partial charge is 0.496 e. The number of fused-ring (bicyclic) bond motifs is 2. The van der Waals surface area contributed by atoms with Gasteiger partial charge in [0.25, 0.3) is 5.56 Å². The number of carbonyl (C=O) groups excluding carboxylic acids is 1. The zero-order chi connectivity index (χ0) is 26.3. The summed E-state index contributed by atoms with van der Waals surface area (Å²) in [6.07, 6.45) is 1.71. The van der Waals surface area contributed by atoms with E-state index in [0.717, 1.165) is 10.8 Å². The number of rotatable bonds is 6. The van der Waals surface area contributed by atoms with Gasteiger partial charge in [0.05, 0.1) is 29.5 Å². The highest BCUT2D eigenvalue weighted by Gasteiger charge is 2.36. The van der Waals surface area contributed by atoms with Gasteiger partial charge in [0.1, 0.15) is 17.6 Å². The Kier molecular flexibility index (Phi) is 6.47. The quantitative estimate of drug-likeness (QED) is 0.363. The third-order valence-electron chi connectivity index (χ3n) is 6.27. The maximum Gasteiger partial charge on any atom is 0.338 e. The predicted octanol–water partition coefficient (Wildman–Crippen LogP) is 3.62. The van der Waals surface area contributed by atoms with Gasteiger partial charge >= 0.3 is 5.97 Å². The molecule has 2 aromatic carbocycles. The number of thiazole rings is 1. The van der Waals surface area contributed by atoms with Gasteiger partial charge in [-0.25, -0.2) is 9.79 Å². The highest BCUT2D eigenvalue weighted by Crippen LogP contribution is 2.40. The fraction of sp³-hybridized carbons (Fsp3) is 0.250. The summed E-state index contributed by atoms with van der Waals surface area (Å²) < 4.78 is 19.1. The number of ether oxygens (including phenoxy) is 2. The van der Waals surface area contributed by atoms with Gasteiger partial charge in [-0.15, -0.1) is 0 Å². The van der Waals surface area contributed by atoms with Crippen LogP contribution in [0.1, 0.15) is 31.2 Å². The van der Waals surface area contributed by atoms with Crippen LogP contribution in [-0.2, 0) is 9.53 Å². The van der Waals surface area contributed by atoms with Gasteiger partial charge < -0.3 is 18.8 Å². The van der Waals surface area contributed by atoms with Gasteiger partial charge in [0.2, 0.25) is 0 Å². The molecule has 8 nitrogen and oxygen atoms in total. The van der Waals surface area contributed by atoms with E-state index in [2.05, 4.69) is 4.99 Å². The molecule has 1 aliphatic rings. The van der Waals surface area contributed by atoms with Crippen LogP contribution in [0.15, 0.2) is 74.0 Å². The topological polar surface area (TPSA) is 86.3 Å². The summed E-state index contributed by atoms with van der Waals surface area (Å²) in [5, 5.41) is 1.84. The third-order valence-corrected chi connectivity index (χ3v) is 7.25. The molecule has 0 aliphatic carbocycles. The van der Waals surface area contributed by atoms with E-state index in [9.17, 15) is 9.59 Å². The van der Waals surface area contributed by atoms with E-state index >= 15 is 0 Å². The van der Waals surface area contributed by atoms with Gasteiger partial charge in [-0.05, 0) is 36.8 Å². The second kappa shape index (κ2) is 9.74. The molecule has 4 aromatic rings. The molecule has 2 aromatic heterocycles. The Hall–Kier alpha value is -4.11. The van der Waals surface area contributed by atoms with E-state index < -0.39 is 12.0 Å². The predicted molar refractivity (Wildman–Crippen MR) is 144 cm³/mol. The highest BCUT2D eigenvalue weighted by atomic mass is 32.1. The van der Waals surface area contributed by atoms with Crippen LogP contribution in [0.4, 0.5) is 5.88 Å². The molecule has 1 aliphatic heterocycles. The lowest BCUT2D eigenvalue weighted by Crippen LogP contribution is -2.40. The van der Waals surface area contributed by atoms with Crippen LogP contribution in [0, 0.1) is 0 Å². The second-order valence-electron chi connectivity index (χ2n) is 8.78. The van der Waals surface area contributed by atoms with Crippen LogP contribution in [0.2, 0.25) is 0 Å². The molecule has 190 valence electrons. The standard InChI is InChI=1S/C28H27N3O5S/c1-6-35-27(33)23-16(2)29-28-31(26(32)21(37-28)15-18-12-14-22(36-18)30(3)4)25(23)24-19-10-8-7-9-17(19)11-13-20(24)34-5/h7-15,25H,6H2,1-5H3/b21-15-/t25-/m1/s1. The van der Waals surface area contributed by atoms with Gasteiger partial charge in [-0.3, -0.25) is 9.36 Å². The number of allylic oxidation sites excluding steroid dienone is 1. The molecule has 3 heterocycles. The number of hydrogen-bond donors (Lipinski definition) is 0. The lowest BCUT2D eigenvalue weighted by molar-refractivity contribution is -0.139. The van der Waals surface area contributed by atoms with Crippen LogP contribution in [-0.4, -0.2) is 38.3 Å². The number of nitrogens with zero attached hydrogens (tertiary/aromatic N) is 3. The Bertz CT molecular complexity index is 1720. The van der Waals surface area contributed by atoms with Crippen molar-refractivity contribution in [1.29, 1.82) is 0 Å². The lowest BCUT2D eigenvalue weighted by atomic mass is 9.90. The van der Waals surface area contributed by atoms with Crippen molar-refractivity contribution in [3.8, 4) is 5.75 Å². The summed E-state index contributed by atoms with van der Waals surface area (Å²) in [4.78, 5) is 34.2. The first-order valence-corrected chi connectivity index (χ1v) is 12.7. The van der Waals surface area contributed by atoms with Crippen molar-refractivity contribution in [1.82, 2.24) is 4.57 Å². The lowest BCUT2D eigenvalue weighted by Gasteiger charge is -2.27. The van der Waals surface area contributed by atoms with Crippen molar-refractivity contribution >= 4 is 40.0 Å². The second-order valence-corrected chi connectivity index (χ2v) is 9.78. The molecule has 0 spiro atoms. The van der Waals surface area contributed by atoms with E-state index in [1.807, 2.05) is 67.5 Å². The maximum atomic E-state index is 13.9. The number of carbonyl (C=O) groups is 1. The SMILES string of the molecule is CCOC(=O)C1=C(C)N=c2s/c(=C\c3ccc(N(C)C)o3)c(=O)n2[C@H]1c1c(OC)ccc2ccccc12. The van der Waals surface area contributed by atoms with Crippen LogP contribution in [0.5, 0.6) is 5.75 Å². The van der Waals surface area contributed by atoms with Crippen LogP contribution >= 0.6 is 11.3 Å². The normalized spacial score (nSPS) is 15.5. The van der Waals surface area contributed by atoms with E-state index in [0.29, 0.717) is 43.6 Å². The Balaban J connectivity index is 1.82. The number of anilines is 1. The number of esters is 1. The smallest absolute Gasteiger partial charge is 0.338 e. The fourth-order valence-corrected chi connectivity index (χ4v) is 5.62. The average molecular weight is 518 g/mol. The summed E-state index contributed by atoms with van der Waals surface area (Å²) in [5.74, 6) is 1.28. The van der Waals surface area contributed by atoms with Gasteiger partial charge in [-0.1, -0.05) is 41.7 Å². The number of furan rings is 1. The first-order valence-electron chi connectivity index (χ1n) is 11.9. The summed E-state index contributed by atoms with van der Waals surface area (Å²) in [6, 6.07) is 14.5. The highest BCUT2D eigenvalue weighted by molar-refractivity contribution is 7.07. The molecule has 37 heavy (non-hydrogen) atoms. The van der Waals surface area contributed by atoms with E-state index in [1.165, 1.54) is 11.3 Å². The summed E-state index contributed by atoms with van der Waals surface area (Å²) in [5.41, 5.74) is 1.24. The van der Waals surface area contributed by atoms with Crippen molar-refractivity contribution < 1.29 is 18.7 Å².